The first kappa shape index (κ1) is 13.7. The third-order valence-corrected chi connectivity index (χ3v) is 2.13. The number of carbonyl (C=O) groups is 1. The zero-order valence-corrected chi connectivity index (χ0v) is 10.0. The van der Waals surface area contributed by atoms with Crippen molar-refractivity contribution in [3.8, 4) is 0 Å². The highest BCUT2D eigenvalue weighted by Gasteiger charge is 2.23. The van der Waals surface area contributed by atoms with Crippen LogP contribution < -0.4 is 10.6 Å². The molecule has 1 rings (SSSR count). The maximum atomic E-state index is 11.6. The highest BCUT2D eigenvalue weighted by atomic mass is 35.5. The van der Waals surface area contributed by atoms with E-state index < -0.39 is 0 Å². The van der Waals surface area contributed by atoms with Crippen molar-refractivity contribution >= 4 is 18.3 Å². The predicted molar refractivity (Wildman–Crippen MR) is 60.8 cm³/mol. The summed E-state index contributed by atoms with van der Waals surface area (Å²) >= 11 is 0. The highest BCUT2D eigenvalue weighted by molar-refractivity contribution is 5.85. The molecule has 0 aromatic carbocycles. The van der Waals surface area contributed by atoms with Crippen molar-refractivity contribution in [3.63, 3.8) is 0 Å². The molecule has 4 heteroatoms. The minimum atomic E-state index is -0.115. The van der Waals surface area contributed by atoms with Crippen molar-refractivity contribution in [3.05, 3.63) is 0 Å². The Morgan fingerprint density at radius 2 is 2.00 bits per heavy atom. The Balaban J connectivity index is 0.00000169. The maximum Gasteiger partial charge on any atom is 0.237 e. The van der Waals surface area contributed by atoms with Crippen molar-refractivity contribution in [2.45, 2.75) is 51.6 Å². The average Bonchev–Trinajstić information content (AvgIpc) is 2.03. The molecule has 1 aliphatic heterocycles. The largest absolute Gasteiger partial charge is 0.350 e. The zero-order chi connectivity index (χ0) is 9.90. The topological polar surface area (TPSA) is 41.1 Å². The number of hydrogen-bond acceptors (Lipinski definition) is 2. The van der Waals surface area contributed by atoms with Crippen LogP contribution in [0.15, 0.2) is 0 Å². The van der Waals surface area contributed by atoms with Gasteiger partial charge in [-0.25, -0.2) is 0 Å². The Kier molecular flexibility index (Phi) is 5.45. The normalized spacial score (nSPS) is 22.4. The van der Waals surface area contributed by atoms with Gasteiger partial charge in [0.25, 0.3) is 0 Å². The summed E-state index contributed by atoms with van der Waals surface area (Å²) in [5.41, 5.74) is -0.115. The number of carbonyl (C=O) groups excluding carboxylic acids is 1. The second kappa shape index (κ2) is 5.56. The van der Waals surface area contributed by atoms with Gasteiger partial charge in [-0.3, -0.25) is 4.79 Å². The summed E-state index contributed by atoms with van der Waals surface area (Å²) in [6.07, 6.45) is 3.33. The fraction of sp³-hybridized carbons (Fsp3) is 0.900. The number of amides is 1. The maximum absolute atomic E-state index is 11.6. The van der Waals surface area contributed by atoms with Crippen LogP contribution in [0, 0.1) is 0 Å². The molecule has 0 aromatic rings. The van der Waals surface area contributed by atoms with Crippen LogP contribution >= 0.6 is 12.4 Å². The molecule has 0 radical (unpaired) electrons. The summed E-state index contributed by atoms with van der Waals surface area (Å²) in [5.74, 6) is 0.146. The van der Waals surface area contributed by atoms with Crippen LogP contribution in [0.25, 0.3) is 0 Å². The van der Waals surface area contributed by atoms with Gasteiger partial charge < -0.3 is 10.6 Å². The molecular weight excluding hydrogens is 200 g/mol. The lowest BCUT2D eigenvalue weighted by Crippen LogP contribution is -2.52. The van der Waals surface area contributed by atoms with Gasteiger partial charge >= 0.3 is 0 Å². The van der Waals surface area contributed by atoms with Gasteiger partial charge in [-0.15, -0.1) is 12.4 Å². The minimum Gasteiger partial charge on any atom is -0.350 e. The monoisotopic (exact) mass is 220 g/mol. The molecule has 1 unspecified atom stereocenters. The van der Waals surface area contributed by atoms with E-state index >= 15 is 0 Å². The van der Waals surface area contributed by atoms with Crippen LogP contribution in [0.5, 0.6) is 0 Å². The molecule has 0 aromatic heterocycles. The van der Waals surface area contributed by atoms with E-state index in [1.54, 1.807) is 0 Å². The molecule has 14 heavy (non-hydrogen) atoms. The first-order valence-corrected chi connectivity index (χ1v) is 5.04. The first-order chi connectivity index (χ1) is 5.99. The molecule has 1 atom stereocenters. The van der Waals surface area contributed by atoms with E-state index in [-0.39, 0.29) is 29.9 Å². The lowest BCUT2D eigenvalue weighted by molar-refractivity contribution is -0.125. The third-order valence-electron chi connectivity index (χ3n) is 2.13. The number of hydrogen-bond donors (Lipinski definition) is 2. The first-order valence-electron chi connectivity index (χ1n) is 5.04. The minimum absolute atomic E-state index is 0. The molecule has 2 N–H and O–H groups in total. The molecule has 0 bridgehead atoms. The Bertz CT molecular complexity index is 183. The Hall–Kier alpha value is -0.280. The third kappa shape index (κ3) is 4.82. The molecule has 1 fully saturated rings. The van der Waals surface area contributed by atoms with Crippen molar-refractivity contribution < 1.29 is 4.79 Å². The number of halogens is 1. The summed E-state index contributed by atoms with van der Waals surface area (Å²) in [7, 11) is 0. The number of piperidine rings is 1. The standard InChI is InChI=1S/C10H20N2O.ClH/c1-10(2,3)12-9(13)8-6-4-5-7-11-8;/h8,11H,4-7H2,1-3H3,(H,12,13);1H. The quantitative estimate of drug-likeness (QED) is 0.703. The van der Waals surface area contributed by atoms with Crippen LogP contribution in [0.2, 0.25) is 0 Å². The highest BCUT2D eigenvalue weighted by Crippen LogP contribution is 2.08. The van der Waals surface area contributed by atoms with E-state index in [1.165, 1.54) is 6.42 Å². The molecule has 1 aliphatic rings. The van der Waals surface area contributed by atoms with Gasteiger partial charge in [0.15, 0.2) is 0 Å². The van der Waals surface area contributed by atoms with Crippen molar-refractivity contribution in [2.75, 3.05) is 6.54 Å². The molecule has 84 valence electrons. The van der Waals surface area contributed by atoms with Crippen LogP contribution in [0.1, 0.15) is 40.0 Å². The van der Waals surface area contributed by atoms with Gasteiger partial charge in [0, 0.05) is 5.54 Å². The van der Waals surface area contributed by atoms with Crippen LogP contribution in [0.3, 0.4) is 0 Å². The van der Waals surface area contributed by atoms with Crippen molar-refractivity contribution in [2.24, 2.45) is 0 Å². The summed E-state index contributed by atoms with van der Waals surface area (Å²) in [6, 6.07) is 0.0352. The van der Waals surface area contributed by atoms with Gasteiger partial charge in [-0.2, -0.15) is 0 Å². The van der Waals surface area contributed by atoms with Crippen LogP contribution in [-0.2, 0) is 4.79 Å². The van der Waals surface area contributed by atoms with E-state index in [2.05, 4.69) is 10.6 Å². The van der Waals surface area contributed by atoms with Gasteiger partial charge in [0.05, 0.1) is 6.04 Å². The van der Waals surface area contributed by atoms with E-state index in [0.717, 1.165) is 19.4 Å². The predicted octanol–water partition coefficient (Wildman–Crippen LogP) is 1.46. The van der Waals surface area contributed by atoms with Gasteiger partial charge in [0.2, 0.25) is 5.91 Å². The Labute approximate surface area is 92.4 Å². The van der Waals surface area contributed by atoms with Crippen molar-refractivity contribution in [1.82, 2.24) is 10.6 Å². The van der Waals surface area contributed by atoms with E-state index in [4.69, 9.17) is 0 Å². The lowest BCUT2D eigenvalue weighted by atomic mass is 10.0. The van der Waals surface area contributed by atoms with E-state index in [1.807, 2.05) is 20.8 Å². The fourth-order valence-electron chi connectivity index (χ4n) is 1.53. The van der Waals surface area contributed by atoms with Gasteiger partial charge in [-0.05, 0) is 40.2 Å². The molecule has 1 amide bonds. The number of rotatable bonds is 1. The Morgan fingerprint density at radius 1 is 1.36 bits per heavy atom. The molecule has 3 nitrogen and oxygen atoms in total. The Morgan fingerprint density at radius 3 is 2.43 bits per heavy atom. The molecule has 0 saturated carbocycles. The van der Waals surface area contributed by atoms with Gasteiger partial charge in [-0.1, -0.05) is 6.42 Å². The molecule has 1 saturated heterocycles. The summed E-state index contributed by atoms with van der Waals surface area (Å²) in [5, 5.41) is 6.22. The average molecular weight is 221 g/mol. The van der Waals surface area contributed by atoms with E-state index in [9.17, 15) is 4.79 Å². The van der Waals surface area contributed by atoms with Crippen molar-refractivity contribution in [1.29, 1.82) is 0 Å². The zero-order valence-electron chi connectivity index (χ0n) is 9.22. The number of nitrogens with one attached hydrogen (secondary N) is 2. The van der Waals surface area contributed by atoms with Crippen LogP contribution in [-0.4, -0.2) is 24.0 Å². The molecule has 1 heterocycles. The smallest absolute Gasteiger partial charge is 0.237 e. The molecular formula is C10H21ClN2O. The fourth-order valence-corrected chi connectivity index (χ4v) is 1.53. The second-order valence-electron chi connectivity index (χ2n) is 4.74. The summed E-state index contributed by atoms with van der Waals surface area (Å²) < 4.78 is 0. The SMILES string of the molecule is CC(C)(C)NC(=O)C1CCCCN1.Cl. The lowest BCUT2D eigenvalue weighted by Gasteiger charge is -2.27. The molecule has 0 spiro atoms. The van der Waals surface area contributed by atoms with Gasteiger partial charge in [0.1, 0.15) is 0 Å². The summed E-state index contributed by atoms with van der Waals surface area (Å²) in [6.45, 7) is 7.00. The second-order valence-corrected chi connectivity index (χ2v) is 4.74. The summed E-state index contributed by atoms with van der Waals surface area (Å²) in [4.78, 5) is 11.6. The molecule has 0 aliphatic carbocycles. The van der Waals surface area contributed by atoms with Crippen LogP contribution in [0.4, 0.5) is 0 Å². The van der Waals surface area contributed by atoms with E-state index in [0.29, 0.717) is 0 Å².